The van der Waals surface area contributed by atoms with E-state index >= 15 is 0 Å². The van der Waals surface area contributed by atoms with Gasteiger partial charge in [-0.2, -0.15) is 8.78 Å². The molecule has 0 saturated carbocycles. The molecule has 1 aromatic carbocycles. The van der Waals surface area contributed by atoms with Crippen molar-refractivity contribution in [2.45, 2.75) is 17.6 Å². The van der Waals surface area contributed by atoms with Crippen LogP contribution in [-0.2, 0) is 4.74 Å². The normalized spacial score (nSPS) is 11.1. The summed E-state index contributed by atoms with van der Waals surface area (Å²) in [7, 11) is 0. The van der Waals surface area contributed by atoms with Gasteiger partial charge in [-0.3, -0.25) is 4.98 Å². The van der Waals surface area contributed by atoms with Crippen LogP contribution in [0.3, 0.4) is 0 Å². The van der Waals surface area contributed by atoms with Crippen LogP contribution >= 0.6 is 11.8 Å². The largest absolute Gasteiger partial charge is 0.462 e. The van der Waals surface area contributed by atoms with Gasteiger partial charge < -0.3 is 4.74 Å². The second-order valence-corrected chi connectivity index (χ2v) is 4.83. The number of esters is 1. The van der Waals surface area contributed by atoms with Crippen molar-refractivity contribution < 1.29 is 22.7 Å². The molecule has 7 heteroatoms. The number of rotatable bonds is 4. The standard InChI is InChI=1S/C13H10F3NO2S/c1-2-19-12(18)8-3-7-4-9(14)11(20-13(15)16)5-10(7)17-6-8/h3-6,13H,2H2,1H3. The summed E-state index contributed by atoms with van der Waals surface area (Å²) in [5, 5.41) is 0.353. The fourth-order valence-electron chi connectivity index (χ4n) is 1.64. The molecule has 20 heavy (non-hydrogen) atoms. The molecule has 2 rings (SSSR count). The van der Waals surface area contributed by atoms with E-state index in [0.29, 0.717) is 10.9 Å². The van der Waals surface area contributed by atoms with Crippen molar-refractivity contribution in [2.24, 2.45) is 0 Å². The number of halogens is 3. The van der Waals surface area contributed by atoms with Crippen molar-refractivity contribution in [1.29, 1.82) is 0 Å². The van der Waals surface area contributed by atoms with E-state index in [2.05, 4.69) is 4.98 Å². The Morgan fingerprint density at radius 2 is 2.15 bits per heavy atom. The maximum atomic E-state index is 13.7. The van der Waals surface area contributed by atoms with E-state index in [1.54, 1.807) is 6.92 Å². The van der Waals surface area contributed by atoms with Crippen molar-refractivity contribution >= 4 is 28.6 Å². The number of benzene rings is 1. The third kappa shape index (κ3) is 3.22. The SMILES string of the molecule is CCOC(=O)c1cnc2cc(SC(F)F)c(F)cc2c1. The van der Waals surface area contributed by atoms with Crippen molar-refractivity contribution in [2.75, 3.05) is 6.61 Å². The highest BCUT2D eigenvalue weighted by Gasteiger charge is 2.14. The first-order valence-electron chi connectivity index (χ1n) is 5.72. The van der Waals surface area contributed by atoms with E-state index in [1.807, 2.05) is 0 Å². The number of alkyl halides is 2. The number of hydrogen-bond donors (Lipinski definition) is 0. The van der Waals surface area contributed by atoms with Crippen LogP contribution in [0.15, 0.2) is 29.3 Å². The number of ether oxygens (including phenoxy) is 1. The second kappa shape index (κ2) is 6.13. The number of carbonyl (C=O) groups is 1. The fraction of sp³-hybridized carbons (Fsp3) is 0.231. The van der Waals surface area contributed by atoms with Crippen LogP contribution in [0.25, 0.3) is 10.9 Å². The minimum absolute atomic E-state index is 0.119. The zero-order valence-electron chi connectivity index (χ0n) is 10.4. The number of thioether (sulfide) groups is 1. The molecule has 3 nitrogen and oxygen atoms in total. The Balaban J connectivity index is 2.42. The molecule has 0 amide bonds. The van der Waals surface area contributed by atoms with Gasteiger partial charge in [0.2, 0.25) is 0 Å². The van der Waals surface area contributed by atoms with Crippen molar-refractivity contribution in [3.8, 4) is 0 Å². The predicted octanol–water partition coefficient (Wildman–Crippen LogP) is 3.87. The van der Waals surface area contributed by atoms with Crippen molar-refractivity contribution in [3.05, 3.63) is 35.8 Å². The number of fused-ring (bicyclic) bond motifs is 1. The minimum atomic E-state index is -2.71. The second-order valence-electron chi connectivity index (χ2n) is 3.80. The Morgan fingerprint density at radius 3 is 2.80 bits per heavy atom. The first-order chi connectivity index (χ1) is 9.51. The fourth-order valence-corrected chi connectivity index (χ4v) is 2.18. The quantitative estimate of drug-likeness (QED) is 0.635. The van der Waals surface area contributed by atoms with Crippen LogP contribution < -0.4 is 0 Å². The summed E-state index contributed by atoms with van der Waals surface area (Å²) in [5.41, 5.74) is 0.524. The Morgan fingerprint density at radius 1 is 1.40 bits per heavy atom. The lowest BCUT2D eigenvalue weighted by atomic mass is 10.1. The van der Waals surface area contributed by atoms with Crippen LogP contribution in [0.1, 0.15) is 17.3 Å². The third-order valence-electron chi connectivity index (χ3n) is 2.46. The Hall–Kier alpha value is -1.76. The molecular formula is C13H10F3NO2S. The number of nitrogens with zero attached hydrogens (tertiary/aromatic N) is 1. The van der Waals surface area contributed by atoms with Gasteiger partial charge in [-0.25, -0.2) is 9.18 Å². The Labute approximate surface area is 117 Å². The lowest BCUT2D eigenvalue weighted by Gasteiger charge is -2.06. The first-order valence-corrected chi connectivity index (χ1v) is 6.60. The van der Waals surface area contributed by atoms with E-state index < -0.39 is 17.5 Å². The monoisotopic (exact) mass is 301 g/mol. The van der Waals surface area contributed by atoms with Crippen molar-refractivity contribution in [3.63, 3.8) is 0 Å². The molecule has 106 valence electrons. The van der Waals surface area contributed by atoms with Gasteiger partial charge in [0.15, 0.2) is 0 Å². The van der Waals surface area contributed by atoms with E-state index in [9.17, 15) is 18.0 Å². The highest BCUT2D eigenvalue weighted by molar-refractivity contribution is 7.99. The Bertz CT molecular complexity index is 649. The van der Waals surface area contributed by atoms with E-state index in [4.69, 9.17) is 4.74 Å². The molecule has 1 aromatic heterocycles. The topological polar surface area (TPSA) is 39.2 Å². The summed E-state index contributed by atoms with van der Waals surface area (Å²) < 4.78 is 43.0. The van der Waals surface area contributed by atoms with E-state index in [1.165, 1.54) is 18.3 Å². The predicted molar refractivity (Wildman–Crippen MR) is 69.5 cm³/mol. The van der Waals surface area contributed by atoms with Crippen LogP contribution in [0.5, 0.6) is 0 Å². The first kappa shape index (κ1) is 14.6. The average molecular weight is 301 g/mol. The molecular weight excluding hydrogens is 291 g/mol. The van der Waals surface area contributed by atoms with Gasteiger partial charge in [0, 0.05) is 11.6 Å². The lowest BCUT2D eigenvalue weighted by Crippen LogP contribution is -2.05. The van der Waals surface area contributed by atoms with Crippen molar-refractivity contribution in [1.82, 2.24) is 4.98 Å². The number of hydrogen-bond acceptors (Lipinski definition) is 4. The molecule has 0 bridgehead atoms. The third-order valence-corrected chi connectivity index (χ3v) is 3.21. The molecule has 0 aliphatic carbocycles. The van der Waals surface area contributed by atoms with Gasteiger partial charge in [0.05, 0.1) is 22.6 Å². The summed E-state index contributed by atoms with van der Waals surface area (Å²) in [6.07, 6.45) is 1.27. The van der Waals surface area contributed by atoms with Crippen LogP contribution in [0, 0.1) is 5.82 Å². The molecule has 0 atom stereocenters. The molecule has 0 fully saturated rings. The lowest BCUT2D eigenvalue weighted by molar-refractivity contribution is 0.0526. The maximum absolute atomic E-state index is 13.7. The van der Waals surface area contributed by atoms with Gasteiger partial charge in [-0.05, 0) is 25.1 Å². The molecule has 0 unspecified atom stereocenters. The summed E-state index contributed by atoms with van der Waals surface area (Å²) >= 11 is 0.119. The molecule has 0 aliphatic heterocycles. The summed E-state index contributed by atoms with van der Waals surface area (Å²) in [4.78, 5) is 15.3. The molecule has 0 N–H and O–H groups in total. The van der Waals surface area contributed by atoms with E-state index in [0.717, 1.165) is 6.07 Å². The molecule has 0 radical (unpaired) electrons. The number of aromatic nitrogens is 1. The summed E-state index contributed by atoms with van der Waals surface area (Å²) in [6, 6.07) is 3.73. The number of carbonyl (C=O) groups excluding carboxylic acids is 1. The highest BCUT2D eigenvalue weighted by Crippen LogP contribution is 2.30. The minimum Gasteiger partial charge on any atom is -0.462 e. The molecule has 2 aromatic rings. The van der Waals surface area contributed by atoms with Crippen LogP contribution in [-0.4, -0.2) is 23.3 Å². The Kier molecular flexibility index (Phi) is 4.49. The van der Waals surface area contributed by atoms with E-state index in [-0.39, 0.29) is 28.8 Å². The zero-order valence-corrected chi connectivity index (χ0v) is 11.2. The van der Waals surface area contributed by atoms with Crippen LogP contribution in [0.4, 0.5) is 13.2 Å². The van der Waals surface area contributed by atoms with Gasteiger partial charge in [-0.15, -0.1) is 0 Å². The van der Waals surface area contributed by atoms with Crippen LogP contribution in [0.2, 0.25) is 0 Å². The molecule has 1 heterocycles. The molecule has 0 spiro atoms. The molecule has 0 aliphatic rings. The van der Waals surface area contributed by atoms with Gasteiger partial charge in [-0.1, -0.05) is 11.8 Å². The average Bonchev–Trinajstić information content (AvgIpc) is 2.39. The zero-order chi connectivity index (χ0) is 14.7. The highest BCUT2D eigenvalue weighted by atomic mass is 32.2. The molecule has 0 saturated heterocycles. The van der Waals surface area contributed by atoms with Gasteiger partial charge >= 0.3 is 5.97 Å². The summed E-state index contributed by atoms with van der Waals surface area (Å²) in [5.74, 6) is -4.04. The maximum Gasteiger partial charge on any atom is 0.339 e. The van der Waals surface area contributed by atoms with Gasteiger partial charge in [0.1, 0.15) is 5.82 Å². The summed E-state index contributed by atoms with van der Waals surface area (Å²) in [6.45, 7) is 1.88. The smallest absolute Gasteiger partial charge is 0.339 e. The number of pyridine rings is 1. The van der Waals surface area contributed by atoms with Gasteiger partial charge in [0.25, 0.3) is 5.76 Å².